The number of carbonyl (C=O) groups is 2. The van der Waals surface area contributed by atoms with Crippen LogP contribution in [0.2, 0.25) is 0 Å². The maximum absolute atomic E-state index is 12.4. The second kappa shape index (κ2) is 12.2. The minimum atomic E-state index is -0.0948. The molecule has 162 valence electrons. The van der Waals surface area contributed by atoms with E-state index < -0.39 is 0 Å². The fourth-order valence-electron chi connectivity index (χ4n) is 2.84. The number of hydrogen-bond acceptors (Lipinski definition) is 4. The van der Waals surface area contributed by atoms with Gasteiger partial charge in [0.2, 0.25) is 11.8 Å². The first kappa shape index (κ1) is 23.7. The predicted octanol–water partition coefficient (Wildman–Crippen LogP) is 4.84. The molecular weight excluding hydrogens is 448 g/mol. The first-order chi connectivity index (χ1) is 14.5. The third-order valence-corrected chi connectivity index (χ3v) is 5.01. The summed E-state index contributed by atoms with van der Waals surface area (Å²) in [6.07, 6.45) is 1.54. The van der Waals surface area contributed by atoms with E-state index in [9.17, 15) is 9.59 Å². The summed E-state index contributed by atoms with van der Waals surface area (Å²) in [5.41, 5.74) is 2.54. The van der Waals surface area contributed by atoms with Crippen molar-refractivity contribution >= 4 is 33.4 Å². The van der Waals surface area contributed by atoms with Gasteiger partial charge in [-0.1, -0.05) is 35.0 Å². The number of anilines is 1. The smallest absolute Gasteiger partial charge is 0.224 e. The van der Waals surface area contributed by atoms with Crippen LogP contribution in [0.5, 0.6) is 11.5 Å². The van der Waals surface area contributed by atoms with Crippen LogP contribution in [0.15, 0.2) is 40.9 Å². The van der Waals surface area contributed by atoms with Crippen LogP contribution in [-0.4, -0.2) is 25.0 Å². The first-order valence-corrected chi connectivity index (χ1v) is 11.0. The summed E-state index contributed by atoms with van der Waals surface area (Å²) >= 11 is 3.52. The Kier molecular flexibility index (Phi) is 9.67. The van der Waals surface area contributed by atoms with Gasteiger partial charge >= 0.3 is 0 Å². The van der Waals surface area contributed by atoms with Gasteiger partial charge in [0.15, 0.2) is 11.5 Å². The fourth-order valence-corrected chi connectivity index (χ4v) is 3.30. The third kappa shape index (κ3) is 7.37. The van der Waals surface area contributed by atoms with Crippen molar-refractivity contribution in [2.24, 2.45) is 0 Å². The highest BCUT2D eigenvalue weighted by molar-refractivity contribution is 9.10. The number of benzene rings is 2. The number of ether oxygens (including phenoxy) is 2. The van der Waals surface area contributed by atoms with Crippen molar-refractivity contribution in [1.29, 1.82) is 0 Å². The Labute approximate surface area is 186 Å². The number of halogens is 1. The van der Waals surface area contributed by atoms with Gasteiger partial charge in [0.25, 0.3) is 0 Å². The van der Waals surface area contributed by atoms with E-state index in [1.807, 2.05) is 57.2 Å². The van der Waals surface area contributed by atoms with E-state index in [-0.39, 0.29) is 18.2 Å². The molecule has 0 heterocycles. The minimum absolute atomic E-state index is 0.00547. The second-order valence-corrected chi connectivity index (χ2v) is 7.56. The molecule has 2 N–H and O–H groups in total. The maximum atomic E-state index is 12.4. The lowest BCUT2D eigenvalue weighted by Crippen LogP contribution is -2.24. The molecule has 2 aromatic carbocycles. The quantitative estimate of drug-likeness (QED) is 0.486. The highest BCUT2D eigenvalue weighted by Crippen LogP contribution is 2.34. The SMILES string of the molecule is CCCC(=O)Nc1ccc(CNC(=O)Cc2cc(OCC)c(OCC)cc2Br)cc1. The molecule has 0 aliphatic carbocycles. The van der Waals surface area contributed by atoms with Gasteiger partial charge < -0.3 is 20.1 Å². The zero-order chi connectivity index (χ0) is 21.9. The lowest BCUT2D eigenvalue weighted by molar-refractivity contribution is -0.120. The molecule has 0 aliphatic heterocycles. The molecule has 6 nitrogen and oxygen atoms in total. The Morgan fingerprint density at radius 1 is 0.933 bits per heavy atom. The van der Waals surface area contributed by atoms with Crippen molar-refractivity contribution < 1.29 is 19.1 Å². The van der Waals surface area contributed by atoms with Crippen molar-refractivity contribution in [3.05, 3.63) is 52.0 Å². The Balaban J connectivity index is 1.94. The Morgan fingerprint density at radius 3 is 2.17 bits per heavy atom. The highest BCUT2D eigenvalue weighted by atomic mass is 79.9. The monoisotopic (exact) mass is 476 g/mol. The van der Waals surface area contributed by atoms with E-state index in [1.165, 1.54) is 0 Å². The number of hydrogen-bond donors (Lipinski definition) is 2. The zero-order valence-corrected chi connectivity index (χ0v) is 19.3. The molecule has 0 unspecified atom stereocenters. The Hall–Kier alpha value is -2.54. The van der Waals surface area contributed by atoms with Crippen molar-refractivity contribution in [3.8, 4) is 11.5 Å². The topological polar surface area (TPSA) is 76.7 Å². The van der Waals surface area contributed by atoms with E-state index in [1.54, 1.807) is 0 Å². The summed E-state index contributed by atoms with van der Waals surface area (Å²) in [5.74, 6) is 1.20. The molecule has 0 atom stereocenters. The van der Waals surface area contributed by atoms with Gasteiger partial charge in [0, 0.05) is 23.1 Å². The van der Waals surface area contributed by atoms with Gasteiger partial charge in [-0.05, 0) is 55.7 Å². The molecule has 0 radical (unpaired) electrons. The number of rotatable bonds is 11. The van der Waals surface area contributed by atoms with Gasteiger partial charge in [-0.15, -0.1) is 0 Å². The van der Waals surface area contributed by atoms with Crippen LogP contribution in [0.25, 0.3) is 0 Å². The maximum Gasteiger partial charge on any atom is 0.224 e. The number of carbonyl (C=O) groups excluding carboxylic acids is 2. The van der Waals surface area contributed by atoms with Gasteiger partial charge in [0.1, 0.15) is 0 Å². The normalized spacial score (nSPS) is 10.4. The lowest BCUT2D eigenvalue weighted by atomic mass is 10.1. The van der Waals surface area contributed by atoms with Crippen molar-refractivity contribution in [3.63, 3.8) is 0 Å². The largest absolute Gasteiger partial charge is 0.490 e. The van der Waals surface area contributed by atoms with Crippen LogP contribution >= 0.6 is 15.9 Å². The van der Waals surface area contributed by atoms with Gasteiger partial charge in [-0.2, -0.15) is 0 Å². The first-order valence-electron chi connectivity index (χ1n) is 10.2. The van der Waals surface area contributed by atoms with E-state index in [4.69, 9.17) is 9.47 Å². The van der Waals surface area contributed by atoms with Gasteiger partial charge in [-0.3, -0.25) is 9.59 Å². The summed E-state index contributed by atoms with van der Waals surface area (Å²) in [6, 6.07) is 11.1. The molecule has 7 heteroatoms. The average Bonchev–Trinajstić information content (AvgIpc) is 2.71. The van der Waals surface area contributed by atoms with Crippen molar-refractivity contribution in [1.82, 2.24) is 5.32 Å². The standard InChI is InChI=1S/C23H29BrN2O4/c1-4-7-22(27)26-18-10-8-16(9-11-18)15-25-23(28)13-17-12-20(29-5-2)21(30-6-3)14-19(17)24/h8-12,14H,4-7,13,15H2,1-3H3,(H,25,28)(H,26,27). The molecular formula is C23H29BrN2O4. The summed E-state index contributed by atoms with van der Waals surface area (Å²) in [5, 5.41) is 5.78. The molecule has 0 saturated heterocycles. The molecule has 30 heavy (non-hydrogen) atoms. The minimum Gasteiger partial charge on any atom is -0.490 e. The zero-order valence-electron chi connectivity index (χ0n) is 17.7. The van der Waals surface area contributed by atoms with E-state index in [2.05, 4.69) is 26.6 Å². The fraction of sp³-hybridized carbons (Fsp3) is 0.391. The molecule has 2 amide bonds. The van der Waals surface area contributed by atoms with Crippen LogP contribution in [0.4, 0.5) is 5.69 Å². The van der Waals surface area contributed by atoms with Crippen molar-refractivity contribution in [2.75, 3.05) is 18.5 Å². The van der Waals surface area contributed by atoms with Gasteiger partial charge in [-0.25, -0.2) is 0 Å². The summed E-state index contributed by atoms with van der Waals surface area (Å²) in [6.45, 7) is 7.25. The molecule has 0 spiro atoms. The molecule has 2 rings (SSSR count). The number of amides is 2. The van der Waals surface area contributed by atoms with E-state index in [0.717, 1.165) is 27.7 Å². The van der Waals surface area contributed by atoms with E-state index in [0.29, 0.717) is 37.7 Å². The summed E-state index contributed by atoms with van der Waals surface area (Å²) < 4.78 is 12.0. The summed E-state index contributed by atoms with van der Waals surface area (Å²) in [7, 11) is 0. The lowest BCUT2D eigenvalue weighted by Gasteiger charge is -2.14. The number of nitrogens with one attached hydrogen (secondary N) is 2. The van der Waals surface area contributed by atoms with Gasteiger partial charge in [0.05, 0.1) is 19.6 Å². The molecule has 0 fully saturated rings. The third-order valence-electron chi connectivity index (χ3n) is 4.27. The molecule has 0 saturated carbocycles. The van der Waals surface area contributed by atoms with Crippen LogP contribution < -0.4 is 20.1 Å². The Bertz CT molecular complexity index is 853. The molecule has 0 bridgehead atoms. The summed E-state index contributed by atoms with van der Waals surface area (Å²) in [4.78, 5) is 24.1. The predicted molar refractivity (Wildman–Crippen MR) is 122 cm³/mol. The van der Waals surface area contributed by atoms with Crippen LogP contribution in [0.3, 0.4) is 0 Å². The second-order valence-electron chi connectivity index (χ2n) is 6.70. The van der Waals surface area contributed by atoms with E-state index >= 15 is 0 Å². The van der Waals surface area contributed by atoms with Crippen LogP contribution in [-0.2, 0) is 22.6 Å². The molecule has 0 aliphatic rings. The Morgan fingerprint density at radius 2 is 1.57 bits per heavy atom. The van der Waals surface area contributed by atoms with Crippen molar-refractivity contribution in [2.45, 2.75) is 46.6 Å². The van der Waals surface area contributed by atoms with Crippen LogP contribution in [0, 0.1) is 0 Å². The molecule has 0 aromatic heterocycles. The highest BCUT2D eigenvalue weighted by Gasteiger charge is 2.13. The average molecular weight is 477 g/mol. The van der Waals surface area contributed by atoms with Crippen LogP contribution in [0.1, 0.15) is 44.7 Å². The molecule has 2 aromatic rings.